The number of H-pyrrole nitrogens is 1. The number of hydrogen-bond acceptors (Lipinski definition) is 8. The van der Waals surface area contributed by atoms with Crippen LogP contribution in [0.5, 0.6) is 0 Å². The monoisotopic (exact) mass is 555 g/mol. The minimum absolute atomic E-state index is 0.162. The van der Waals surface area contributed by atoms with E-state index in [1.54, 1.807) is 25.7 Å². The highest BCUT2D eigenvalue weighted by molar-refractivity contribution is 5.93. The van der Waals surface area contributed by atoms with E-state index in [1.807, 2.05) is 53.1 Å². The van der Waals surface area contributed by atoms with Crippen molar-refractivity contribution >= 4 is 11.5 Å². The molecule has 41 heavy (non-hydrogen) atoms. The Bertz CT molecular complexity index is 1770. The maximum atomic E-state index is 13.4. The third kappa shape index (κ3) is 5.79. The lowest BCUT2D eigenvalue weighted by Crippen LogP contribution is -2.33. The summed E-state index contributed by atoms with van der Waals surface area (Å²) in [6, 6.07) is 16.1. The van der Waals surface area contributed by atoms with Crippen LogP contribution in [-0.2, 0) is 31.4 Å². The Morgan fingerprint density at radius 1 is 1.12 bits per heavy atom. The van der Waals surface area contributed by atoms with Crippen molar-refractivity contribution in [3.8, 4) is 22.5 Å². The number of tetrazole rings is 1. The minimum Gasteiger partial charge on any atom is -0.453 e. The fourth-order valence-electron chi connectivity index (χ4n) is 4.62. The molecule has 3 heterocycles. The van der Waals surface area contributed by atoms with Gasteiger partial charge in [0.25, 0.3) is 0 Å². The summed E-state index contributed by atoms with van der Waals surface area (Å²) in [6.45, 7) is 9.63. The van der Waals surface area contributed by atoms with E-state index in [-0.39, 0.29) is 18.1 Å². The average Bonchev–Trinajstić information content (AvgIpc) is 3.64. The molecule has 5 aromatic rings. The molecule has 0 amide bonds. The Kier molecular flexibility index (Phi) is 7.77. The highest BCUT2D eigenvalue weighted by Crippen LogP contribution is 2.30. The van der Waals surface area contributed by atoms with Gasteiger partial charge < -0.3 is 18.1 Å². The summed E-state index contributed by atoms with van der Waals surface area (Å²) >= 11 is 0. The number of allylic oxidation sites excluding steroid dienone is 1. The number of ether oxygens (including phenoxy) is 1. The summed E-state index contributed by atoms with van der Waals surface area (Å²) in [5.41, 5.74) is 5.33. The van der Waals surface area contributed by atoms with Crippen molar-refractivity contribution in [1.29, 1.82) is 0 Å². The van der Waals surface area contributed by atoms with Gasteiger partial charge in [-0.25, -0.2) is 14.6 Å². The molecule has 0 aliphatic rings. The van der Waals surface area contributed by atoms with Gasteiger partial charge >= 0.3 is 17.6 Å². The average molecular weight is 556 g/mol. The molecule has 2 aromatic carbocycles. The number of hydrogen-bond donors (Lipinski definition) is 1. The first kappa shape index (κ1) is 27.5. The van der Waals surface area contributed by atoms with Gasteiger partial charge in [0.1, 0.15) is 12.9 Å². The van der Waals surface area contributed by atoms with E-state index in [0.29, 0.717) is 35.8 Å². The third-order valence-corrected chi connectivity index (χ3v) is 6.61. The molecule has 3 aromatic heterocycles. The van der Waals surface area contributed by atoms with Crippen molar-refractivity contribution in [2.24, 2.45) is 7.05 Å². The Labute approximate surface area is 236 Å². The molecule has 0 radical (unpaired) electrons. The smallest absolute Gasteiger partial charge is 0.453 e. The topological polar surface area (TPSA) is 133 Å². The number of aryl methyl sites for hydroxylation is 3. The summed E-state index contributed by atoms with van der Waals surface area (Å²) in [4.78, 5) is 31.1. The van der Waals surface area contributed by atoms with Crippen molar-refractivity contribution in [3.05, 3.63) is 100 Å². The van der Waals surface area contributed by atoms with Gasteiger partial charge in [-0.15, -0.1) is 0 Å². The molecule has 0 bridgehead atoms. The lowest BCUT2D eigenvalue weighted by molar-refractivity contribution is -0.783. The molecule has 210 valence electrons. The first-order valence-corrected chi connectivity index (χ1v) is 13.2. The molecule has 0 aliphatic carbocycles. The number of esters is 1. The lowest BCUT2D eigenvalue weighted by Gasteiger charge is -2.13. The lowest BCUT2D eigenvalue weighted by atomic mass is 9.98. The van der Waals surface area contributed by atoms with Gasteiger partial charge in [-0.1, -0.05) is 60.8 Å². The molecule has 1 N–H and O–H groups in total. The number of aromatic nitrogens is 6. The standard InChI is InChI=1S/C30H30N6O5/c1-6-9-25-31-26(18(2)3)27(29(37)39-17-24-19(4)40-30(38)41-24)36(25)16-20-12-14-21(15-13-20)22-10-7-8-11-23(22)28-32-34-35(5)33-28/h7-8,10-15H,2,6,9,16-17H2,1,3-5H3/p+1. The molecule has 0 saturated carbocycles. The van der Waals surface area contributed by atoms with E-state index in [9.17, 15) is 9.59 Å². The molecule has 11 nitrogen and oxygen atoms in total. The fourth-order valence-corrected chi connectivity index (χ4v) is 4.62. The van der Waals surface area contributed by atoms with Crippen LogP contribution < -0.4 is 10.6 Å². The highest BCUT2D eigenvalue weighted by atomic mass is 16.6. The van der Waals surface area contributed by atoms with Crippen LogP contribution in [0.1, 0.15) is 59.4 Å². The summed E-state index contributed by atoms with van der Waals surface area (Å²) in [6.07, 6.45) is 1.51. The SMILES string of the molecule is C=C(C)c1nc(CCC)n(Cc2ccc(-c3ccccc3-c3n[nH][n+](C)n3)cc2)c1C(=O)OCc1oc(=O)oc1C. The van der Waals surface area contributed by atoms with Crippen LogP contribution in [0.25, 0.3) is 28.1 Å². The second-order valence-electron chi connectivity index (χ2n) is 9.75. The summed E-state index contributed by atoms with van der Waals surface area (Å²) < 4.78 is 17.3. The molecular formula is C30H31N6O5+. The van der Waals surface area contributed by atoms with Crippen molar-refractivity contribution in [1.82, 2.24) is 25.0 Å². The zero-order valence-electron chi connectivity index (χ0n) is 23.4. The van der Waals surface area contributed by atoms with Gasteiger partial charge in [0, 0.05) is 13.0 Å². The zero-order valence-corrected chi connectivity index (χ0v) is 23.4. The quantitative estimate of drug-likeness (QED) is 0.198. The molecule has 5 rings (SSSR count). The van der Waals surface area contributed by atoms with Crippen LogP contribution in [0.15, 0.2) is 68.7 Å². The molecule has 0 spiro atoms. The molecule has 0 unspecified atom stereocenters. The maximum Gasteiger partial charge on any atom is 0.519 e. The van der Waals surface area contributed by atoms with E-state index in [1.165, 1.54) is 0 Å². The van der Waals surface area contributed by atoms with Gasteiger partial charge in [-0.05, 0) is 58.9 Å². The van der Waals surface area contributed by atoms with Crippen LogP contribution in [0.2, 0.25) is 0 Å². The normalized spacial score (nSPS) is 11.1. The number of aromatic amines is 1. The maximum absolute atomic E-state index is 13.4. The zero-order chi connectivity index (χ0) is 29.1. The fraction of sp³-hybridized carbons (Fsp3) is 0.267. The van der Waals surface area contributed by atoms with Gasteiger partial charge in [0.2, 0.25) is 0 Å². The van der Waals surface area contributed by atoms with Crippen molar-refractivity contribution in [2.75, 3.05) is 0 Å². The third-order valence-electron chi connectivity index (χ3n) is 6.61. The summed E-state index contributed by atoms with van der Waals surface area (Å²) in [7, 11) is 1.79. The predicted octanol–water partition coefficient (Wildman–Crippen LogP) is 4.41. The molecule has 0 atom stereocenters. The van der Waals surface area contributed by atoms with Crippen molar-refractivity contribution < 1.29 is 23.2 Å². The van der Waals surface area contributed by atoms with Gasteiger partial charge in [0.05, 0.1) is 16.4 Å². The molecule has 0 fully saturated rings. The molecular weight excluding hydrogens is 524 g/mol. The summed E-state index contributed by atoms with van der Waals surface area (Å²) in [5.74, 6) is 0.362. The summed E-state index contributed by atoms with van der Waals surface area (Å²) in [5, 5.41) is 11.5. The van der Waals surface area contributed by atoms with Gasteiger partial charge in [-0.2, -0.15) is 0 Å². The van der Waals surface area contributed by atoms with Crippen LogP contribution in [0.3, 0.4) is 0 Å². The number of nitrogens with zero attached hydrogens (tertiary/aromatic N) is 5. The van der Waals surface area contributed by atoms with Gasteiger partial charge in [0.15, 0.2) is 23.8 Å². The highest BCUT2D eigenvalue weighted by Gasteiger charge is 2.26. The Morgan fingerprint density at radius 2 is 1.85 bits per heavy atom. The van der Waals surface area contributed by atoms with Crippen LogP contribution >= 0.6 is 0 Å². The number of rotatable bonds is 10. The van der Waals surface area contributed by atoms with Crippen LogP contribution in [0.4, 0.5) is 0 Å². The first-order valence-electron chi connectivity index (χ1n) is 13.2. The number of imidazole rings is 1. The predicted molar refractivity (Wildman–Crippen MR) is 150 cm³/mol. The molecule has 0 saturated heterocycles. The molecule has 0 aliphatic heterocycles. The second-order valence-corrected chi connectivity index (χ2v) is 9.75. The largest absolute Gasteiger partial charge is 0.519 e. The Balaban J connectivity index is 1.46. The number of carbonyl (C=O) groups excluding carboxylic acids is 1. The van der Waals surface area contributed by atoms with E-state index >= 15 is 0 Å². The minimum atomic E-state index is -0.841. The van der Waals surface area contributed by atoms with E-state index in [2.05, 4.69) is 28.9 Å². The van der Waals surface area contributed by atoms with E-state index in [4.69, 9.17) is 18.6 Å². The Hall–Kier alpha value is -5.06. The van der Waals surface area contributed by atoms with E-state index in [0.717, 1.165) is 34.5 Å². The number of nitrogens with one attached hydrogen (secondary N) is 1. The van der Waals surface area contributed by atoms with Gasteiger partial charge in [-0.3, -0.25) is 0 Å². The second kappa shape index (κ2) is 11.6. The Morgan fingerprint density at radius 3 is 2.46 bits per heavy atom. The van der Waals surface area contributed by atoms with Crippen molar-refractivity contribution in [3.63, 3.8) is 0 Å². The number of carbonyl (C=O) groups is 1. The first-order chi connectivity index (χ1) is 19.7. The van der Waals surface area contributed by atoms with Crippen LogP contribution in [0, 0.1) is 6.92 Å². The van der Waals surface area contributed by atoms with Crippen molar-refractivity contribution in [2.45, 2.75) is 46.8 Å². The number of benzene rings is 2. The molecule has 11 heteroatoms. The van der Waals surface area contributed by atoms with E-state index < -0.39 is 11.8 Å². The van der Waals surface area contributed by atoms with Crippen LogP contribution in [-0.4, -0.2) is 30.9 Å².